The Morgan fingerprint density at radius 1 is 1.06 bits per heavy atom. The van der Waals surface area contributed by atoms with E-state index in [1.54, 1.807) is 36.4 Å². The fraction of sp³-hybridized carbons (Fsp3) is 0.0714. The van der Waals surface area contributed by atoms with Crippen molar-refractivity contribution in [2.24, 2.45) is 0 Å². The molecule has 0 aliphatic carbocycles. The molecule has 0 radical (unpaired) electrons. The van der Waals surface area contributed by atoms with E-state index in [4.69, 9.17) is 16.3 Å². The minimum absolute atomic E-state index is 0.0189. The lowest BCUT2D eigenvalue weighted by atomic mass is 10.1. The summed E-state index contributed by atoms with van der Waals surface area (Å²) in [6, 6.07) is 14.2. The number of para-hydroxylation sites is 1. The summed E-state index contributed by atoms with van der Waals surface area (Å²) in [6.07, 6.45) is 0. The van der Waals surface area contributed by atoms with Crippen molar-refractivity contribution in [3.05, 3.63) is 59.1 Å². The van der Waals surface area contributed by atoms with E-state index in [2.05, 4.69) is 0 Å². The van der Waals surface area contributed by atoms with E-state index in [0.717, 1.165) is 0 Å². The summed E-state index contributed by atoms with van der Waals surface area (Å²) in [7, 11) is 0. The summed E-state index contributed by atoms with van der Waals surface area (Å²) < 4.78 is 5.65. The van der Waals surface area contributed by atoms with Crippen molar-refractivity contribution in [1.82, 2.24) is 0 Å². The number of carbonyl (C=O) groups excluding carboxylic acids is 1. The Morgan fingerprint density at radius 2 is 1.71 bits per heavy atom. The molecule has 2 aromatic rings. The summed E-state index contributed by atoms with van der Waals surface area (Å²) in [5, 5.41) is 0.650. The fourth-order valence-electron chi connectivity index (χ4n) is 1.48. The summed E-state index contributed by atoms with van der Waals surface area (Å²) in [4.78, 5) is 11.4. The van der Waals surface area contributed by atoms with E-state index in [1.807, 2.05) is 12.1 Å². The quantitative estimate of drug-likeness (QED) is 0.754. The van der Waals surface area contributed by atoms with E-state index < -0.39 is 0 Å². The molecule has 0 spiro atoms. The molecular weight excluding hydrogens is 236 g/mol. The molecule has 0 unspecified atom stereocenters. The second-order valence-electron chi connectivity index (χ2n) is 3.61. The minimum atomic E-state index is -0.0189. The van der Waals surface area contributed by atoms with Crippen molar-refractivity contribution >= 4 is 17.4 Å². The van der Waals surface area contributed by atoms with Crippen LogP contribution in [-0.4, -0.2) is 5.78 Å². The Morgan fingerprint density at radius 3 is 2.35 bits per heavy atom. The van der Waals surface area contributed by atoms with Gasteiger partial charge in [0.1, 0.15) is 11.5 Å². The second kappa shape index (κ2) is 5.02. The molecule has 86 valence electrons. The number of halogens is 1. The predicted molar refractivity (Wildman–Crippen MR) is 68.0 cm³/mol. The molecule has 0 aliphatic heterocycles. The van der Waals surface area contributed by atoms with Crippen LogP contribution in [0.2, 0.25) is 5.02 Å². The number of rotatable bonds is 3. The van der Waals surface area contributed by atoms with Crippen molar-refractivity contribution < 1.29 is 9.53 Å². The SMILES string of the molecule is CC(=O)c1ccccc1Oc1ccc(Cl)cc1. The Kier molecular flexibility index (Phi) is 3.45. The Labute approximate surface area is 105 Å². The molecule has 0 saturated heterocycles. The molecular formula is C14H11ClO2. The lowest BCUT2D eigenvalue weighted by Crippen LogP contribution is -1.96. The van der Waals surface area contributed by atoms with Crippen LogP contribution in [0.15, 0.2) is 48.5 Å². The maximum atomic E-state index is 11.4. The normalized spacial score (nSPS) is 10.0. The van der Waals surface area contributed by atoms with Gasteiger partial charge in [-0.25, -0.2) is 0 Å². The standard InChI is InChI=1S/C14H11ClO2/c1-10(16)13-4-2-3-5-14(13)17-12-8-6-11(15)7-9-12/h2-9H,1H3. The number of ketones is 1. The first-order valence-electron chi connectivity index (χ1n) is 5.20. The number of hydrogen-bond acceptors (Lipinski definition) is 2. The maximum Gasteiger partial charge on any atom is 0.163 e. The summed E-state index contributed by atoms with van der Waals surface area (Å²) in [6.45, 7) is 1.52. The van der Waals surface area contributed by atoms with Crippen LogP contribution in [0.25, 0.3) is 0 Å². The zero-order valence-electron chi connectivity index (χ0n) is 9.31. The average Bonchev–Trinajstić information content (AvgIpc) is 2.32. The van der Waals surface area contributed by atoms with Crippen LogP contribution < -0.4 is 4.74 Å². The number of Topliss-reactive ketones (excluding diaryl/α,β-unsaturated/α-hetero) is 1. The summed E-state index contributed by atoms with van der Waals surface area (Å²) >= 11 is 5.79. The van der Waals surface area contributed by atoms with E-state index in [1.165, 1.54) is 6.92 Å². The van der Waals surface area contributed by atoms with Crippen LogP contribution in [0.3, 0.4) is 0 Å². The van der Waals surface area contributed by atoms with E-state index in [-0.39, 0.29) is 5.78 Å². The van der Waals surface area contributed by atoms with Crippen LogP contribution in [-0.2, 0) is 0 Å². The van der Waals surface area contributed by atoms with Crippen molar-refractivity contribution in [3.8, 4) is 11.5 Å². The van der Waals surface area contributed by atoms with Crippen molar-refractivity contribution in [2.75, 3.05) is 0 Å². The predicted octanol–water partition coefficient (Wildman–Crippen LogP) is 4.33. The van der Waals surface area contributed by atoms with Gasteiger partial charge in [-0.05, 0) is 43.3 Å². The molecule has 0 fully saturated rings. The van der Waals surface area contributed by atoms with Gasteiger partial charge >= 0.3 is 0 Å². The zero-order chi connectivity index (χ0) is 12.3. The first kappa shape index (κ1) is 11.7. The van der Waals surface area contributed by atoms with Gasteiger partial charge in [0.15, 0.2) is 5.78 Å². The number of hydrogen-bond donors (Lipinski definition) is 0. The average molecular weight is 247 g/mol. The third kappa shape index (κ3) is 2.86. The van der Waals surface area contributed by atoms with Crippen molar-refractivity contribution in [2.45, 2.75) is 6.92 Å². The number of benzene rings is 2. The molecule has 0 heterocycles. The molecule has 0 bridgehead atoms. The summed E-state index contributed by atoms with van der Waals surface area (Å²) in [5.74, 6) is 1.19. The van der Waals surface area contributed by atoms with Crippen LogP contribution in [0, 0.1) is 0 Å². The largest absolute Gasteiger partial charge is 0.457 e. The van der Waals surface area contributed by atoms with Gasteiger partial charge in [-0.15, -0.1) is 0 Å². The molecule has 3 heteroatoms. The van der Waals surface area contributed by atoms with Crippen molar-refractivity contribution in [1.29, 1.82) is 0 Å². The smallest absolute Gasteiger partial charge is 0.163 e. The van der Waals surface area contributed by atoms with Gasteiger partial charge in [0.2, 0.25) is 0 Å². The zero-order valence-corrected chi connectivity index (χ0v) is 10.1. The Hall–Kier alpha value is -1.80. The molecule has 2 rings (SSSR count). The highest BCUT2D eigenvalue weighted by Gasteiger charge is 2.07. The maximum absolute atomic E-state index is 11.4. The van der Waals surface area contributed by atoms with Gasteiger partial charge in [0.05, 0.1) is 5.56 Å². The molecule has 2 aromatic carbocycles. The van der Waals surface area contributed by atoms with E-state index >= 15 is 0 Å². The molecule has 0 atom stereocenters. The third-order valence-electron chi connectivity index (χ3n) is 2.31. The highest BCUT2D eigenvalue weighted by Crippen LogP contribution is 2.26. The number of carbonyl (C=O) groups is 1. The minimum Gasteiger partial charge on any atom is -0.457 e. The fourth-order valence-corrected chi connectivity index (χ4v) is 1.60. The van der Waals surface area contributed by atoms with Crippen LogP contribution in [0.1, 0.15) is 17.3 Å². The first-order valence-corrected chi connectivity index (χ1v) is 5.58. The topological polar surface area (TPSA) is 26.3 Å². The molecule has 0 aliphatic rings. The molecule has 0 N–H and O–H groups in total. The first-order chi connectivity index (χ1) is 8.16. The van der Waals surface area contributed by atoms with Gasteiger partial charge in [0, 0.05) is 5.02 Å². The lowest BCUT2D eigenvalue weighted by molar-refractivity contribution is 0.101. The Balaban J connectivity index is 2.30. The van der Waals surface area contributed by atoms with Gasteiger partial charge in [-0.1, -0.05) is 23.7 Å². The third-order valence-corrected chi connectivity index (χ3v) is 2.56. The van der Waals surface area contributed by atoms with Gasteiger partial charge in [-0.3, -0.25) is 4.79 Å². The van der Waals surface area contributed by atoms with Gasteiger partial charge < -0.3 is 4.74 Å². The lowest BCUT2D eigenvalue weighted by Gasteiger charge is -2.08. The molecule has 0 saturated carbocycles. The Bertz CT molecular complexity index is 532. The van der Waals surface area contributed by atoms with E-state index in [9.17, 15) is 4.79 Å². The molecule has 0 amide bonds. The summed E-state index contributed by atoms with van der Waals surface area (Å²) in [5.41, 5.74) is 0.572. The van der Waals surface area contributed by atoms with Crippen LogP contribution in [0.4, 0.5) is 0 Å². The van der Waals surface area contributed by atoms with E-state index in [0.29, 0.717) is 22.1 Å². The van der Waals surface area contributed by atoms with Crippen LogP contribution >= 0.6 is 11.6 Å². The van der Waals surface area contributed by atoms with Crippen molar-refractivity contribution in [3.63, 3.8) is 0 Å². The van der Waals surface area contributed by atoms with Crippen LogP contribution in [0.5, 0.6) is 11.5 Å². The highest BCUT2D eigenvalue weighted by molar-refractivity contribution is 6.30. The molecule has 17 heavy (non-hydrogen) atoms. The van der Waals surface area contributed by atoms with Gasteiger partial charge in [-0.2, -0.15) is 0 Å². The molecule has 2 nitrogen and oxygen atoms in total. The number of ether oxygens (including phenoxy) is 1. The monoisotopic (exact) mass is 246 g/mol. The molecule has 0 aromatic heterocycles. The van der Waals surface area contributed by atoms with Gasteiger partial charge in [0.25, 0.3) is 0 Å². The second-order valence-corrected chi connectivity index (χ2v) is 4.04. The highest BCUT2D eigenvalue weighted by atomic mass is 35.5.